The van der Waals surface area contributed by atoms with Crippen molar-refractivity contribution in [2.45, 2.75) is 0 Å². The van der Waals surface area contributed by atoms with Gasteiger partial charge in [-0.25, -0.2) is 0 Å². The zero-order valence-electron chi connectivity index (χ0n) is 12.2. The summed E-state index contributed by atoms with van der Waals surface area (Å²) in [6.45, 7) is 0. The number of nitriles is 1. The molecule has 0 bridgehead atoms. The van der Waals surface area contributed by atoms with E-state index in [0.29, 0.717) is 22.0 Å². The molecule has 0 atom stereocenters. The molecule has 116 valence electrons. The van der Waals surface area contributed by atoms with Crippen molar-refractivity contribution in [2.24, 2.45) is 0 Å². The highest BCUT2D eigenvalue weighted by Crippen LogP contribution is 2.31. The molecule has 0 spiro atoms. The number of pyridine rings is 1. The summed E-state index contributed by atoms with van der Waals surface area (Å²) < 4.78 is 5.26. The van der Waals surface area contributed by atoms with Gasteiger partial charge in [0.15, 0.2) is 0 Å². The maximum absolute atomic E-state index is 9.34. The zero-order valence-corrected chi connectivity index (χ0v) is 13.8. The Morgan fingerprint density at radius 2 is 1.91 bits per heavy atom. The number of methoxy groups -OCH3 is 1. The second-order valence-corrected chi connectivity index (χ2v) is 5.11. The van der Waals surface area contributed by atoms with Gasteiger partial charge in [-0.15, -0.1) is 12.4 Å². The summed E-state index contributed by atoms with van der Waals surface area (Å²) in [5.74, 6) is 0.712. The fraction of sp³-hybridized carbons (Fsp3) is 0.0588. The Balaban J connectivity index is 0.00000192. The van der Waals surface area contributed by atoms with E-state index < -0.39 is 0 Å². The van der Waals surface area contributed by atoms with Crippen LogP contribution in [-0.2, 0) is 0 Å². The number of aromatic nitrogens is 1. The summed E-state index contributed by atoms with van der Waals surface area (Å²) in [5, 5.41) is 14.1. The molecule has 0 saturated carbocycles. The lowest BCUT2D eigenvalue weighted by Gasteiger charge is -2.12. The van der Waals surface area contributed by atoms with E-state index in [2.05, 4.69) is 16.4 Å². The minimum Gasteiger partial charge on any atom is -0.497 e. The first-order valence-electron chi connectivity index (χ1n) is 6.60. The molecule has 3 rings (SSSR count). The number of benzene rings is 2. The normalized spacial score (nSPS) is 9.78. The molecule has 4 nitrogen and oxygen atoms in total. The first kappa shape index (κ1) is 16.9. The molecule has 0 radical (unpaired) electrons. The highest BCUT2D eigenvalue weighted by atomic mass is 35.5. The third kappa shape index (κ3) is 3.48. The summed E-state index contributed by atoms with van der Waals surface area (Å²) in [5.41, 5.74) is 2.80. The number of ether oxygens (including phenoxy) is 1. The van der Waals surface area contributed by atoms with E-state index >= 15 is 0 Å². The highest BCUT2D eigenvalue weighted by Gasteiger charge is 2.10. The molecular weight excluding hydrogens is 333 g/mol. The van der Waals surface area contributed by atoms with Crippen LogP contribution in [0.3, 0.4) is 0 Å². The van der Waals surface area contributed by atoms with Crippen LogP contribution in [-0.4, -0.2) is 12.1 Å². The molecule has 3 aromatic rings. The largest absolute Gasteiger partial charge is 0.497 e. The van der Waals surface area contributed by atoms with Crippen molar-refractivity contribution in [1.29, 1.82) is 5.26 Å². The second kappa shape index (κ2) is 7.19. The Morgan fingerprint density at radius 3 is 2.57 bits per heavy atom. The van der Waals surface area contributed by atoms with Crippen molar-refractivity contribution in [3.05, 3.63) is 59.2 Å². The van der Waals surface area contributed by atoms with Crippen LogP contribution in [0.1, 0.15) is 5.56 Å². The van der Waals surface area contributed by atoms with Crippen LogP contribution in [0.25, 0.3) is 10.9 Å². The number of rotatable bonds is 3. The van der Waals surface area contributed by atoms with Gasteiger partial charge < -0.3 is 10.1 Å². The maximum atomic E-state index is 9.34. The number of anilines is 2. The molecular formula is C17H13Cl2N3O. The Bertz CT molecular complexity index is 873. The third-order valence-corrected chi connectivity index (χ3v) is 3.56. The van der Waals surface area contributed by atoms with Gasteiger partial charge in [-0.05, 0) is 42.5 Å². The van der Waals surface area contributed by atoms with Gasteiger partial charge in [-0.1, -0.05) is 11.6 Å². The van der Waals surface area contributed by atoms with Crippen molar-refractivity contribution in [2.75, 3.05) is 12.4 Å². The third-order valence-electron chi connectivity index (χ3n) is 3.31. The van der Waals surface area contributed by atoms with Crippen LogP contribution in [0.5, 0.6) is 5.75 Å². The van der Waals surface area contributed by atoms with Gasteiger partial charge >= 0.3 is 0 Å². The molecule has 0 fully saturated rings. The fourth-order valence-electron chi connectivity index (χ4n) is 2.20. The van der Waals surface area contributed by atoms with Crippen molar-refractivity contribution in [3.63, 3.8) is 0 Å². The van der Waals surface area contributed by atoms with E-state index in [4.69, 9.17) is 16.3 Å². The number of fused-ring (bicyclic) bond motifs is 1. The molecule has 1 heterocycles. The SMILES string of the molecule is COc1ccc2ncc(C#N)c(Nc3ccc(Cl)cc3)c2c1.Cl. The summed E-state index contributed by atoms with van der Waals surface area (Å²) in [4.78, 5) is 4.30. The van der Waals surface area contributed by atoms with Crippen LogP contribution < -0.4 is 10.1 Å². The van der Waals surface area contributed by atoms with E-state index in [-0.39, 0.29) is 12.4 Å². The van der Waals surface area contributed by atoms with Crippen molar-refractivity contribution >= 4 is 46.3 Å². The Morgan fingerprint density at radius 1 is 1.17 bits per heavy atom. The lowest BCUT2D eigenvalue weighted by atomic mass is 10.1. The molecule has 23 heavy (non-hydrogen) atoms. The van der Waals surface area contributed by atoms with Crippen molar-refractivity contribution in [1.82, 2.24) is 4.98 Å². The first-order valence-corrected chi connectivity index (χ1v) is 6.98. The van der Waals surface area contributed by atoms with Gasteiger partial charge in [0.25, 0.3) is 0 Å². The molecule has 0 aliphatic heterocycles. The lowest BCUT2D eigenvalue weighted by molar-refractivity contribution is 0.415. The lowest BCUT2D eigenvalue weighted by Crippen LogP contribution is -1.97. The monoisotopic (exact) mass is 345 g/mol. The van der Waals surface area contributed by atoms with Crippen LogP contribution in [0.15, 0.2) is 48.7 Å². The van der Waals surface area contributed by atoms with Gasteiger partial charge in [0.1, 0.15) is 11.8 Å². The predicted octanol–water partition coefficient (Wildman–Crippen LogP) is 4.93. The van der Waals surface area contributed by atoms with Crippen LogP contribution in [0.2, 0.25) is 5.02 Å². The Labute approximate surface area is 145 Å². The molecule has 2 aromatic carbocycles. The average molecular weight is 346 g/mol. The number of hydrogen-bond donors (Lipinski definition) is 1. The molecule has 1 N–H and O–H groups in total. The van der Waals surface area contributed by atoms with Crippen LogP contribution in [0, 0.1) is 11.3 Å². The van der Waals surface area contributed by atoms with E-state index in [1.54, 1.807) is 25.4 Å². The Hall–Kier alpha value is -2.48. The molecule has 0 amide bonds. The number of nitrogens with one attached hydrogen (secondary N) is 1. The molecule has 0 unspecified atom stereocenters. The Kier molecular flexibility index (Phi) is 5.28. The standard InChI is InChI=1S/C17H12ClN3O.ClH/c1-22-14-6-7-16-15(8-14)17(11(9-19)10-20-16)21-13-4-2-12(18)3-5-13;/h2-8,10H,1H3,(H,20,21);1H. The minimum absolute atomic E-state index is 0. The van der Waals surface area contributed by atoms with Crippen LogP contribution in [0.4, 0.5) is 11.4 Å². The van der Waals surface area contributed by atoms with Crippen molar-refractivity contribution < 1.29 is 4.74 Å². The number of hydrogen-bond acceptors (Lipinski definition) is 4. The fourth-order valence-corrected chi connectivity index (χ4v) is 2.32. The topological polar surface area (TPSA) is 57.9 Å². The summed E-state index contributed by atoms with van der Waals surface area (Å²) in [7, 11) is 1.61. The smallest absolute Gasteiger partial charge is 0.119 e. The zero-order chi connectivity index (χ0) is 15.5. The first-order chi connectivity index (χ1) is 10.7. The molecule has 1 aromatic heterocycles. The van der Waals surface area contributed by atoms with E-state index in [1.165, 1.54) is 0 Å². The second-order valence-electron chi connectivity index (χ2n) is 4.67. The maximum Gasteiger partial charge on any atom is 0.119 e. The highest BCUT2D eigenvalue weighted by molar-refractivity contribution is 6.30. The van der Waals surface area contributed by atoms with Gasteiger partial charge in [-0.3, -0.25) is 4.98 Å². The van der Waals surface area contributed by atoms with Gasteiger partial charge in [0, 0.05) is 22.3 Å². The van der Waals surface area contributed by atoms with Crippen LogP contribution >= 0.6 is 24.0 Å². The van der Waals surface area contributed by atoms with Gasteiger partial charge in [0.05, 0.1) is 23.9 Å². The molecule has 0 saturated heterocycles. The molecule has 6 heteroatoms. The minimum atomic E-state index is 0. The van der Waals surface area contributed by atoms with E-state index in [1.807, 2.05) is 30.3 Å². The summed E-state index contributed by atoms with van der Waals surface area (Å²) >= 11 is 5.90. The van der Waals surface area contributed by atoms with Gasteiger partial charge in [0.2, 0.25) is 0 Å². The van der Waals surface area contributed by atoms with Crippen molar-refractivity contribution in [3.8, 4) is 11.8 Å². The number of halogens is 2. The summed E-state index contributed by atoms with van der Waals surface area (Å²) in [6, 6.07) is 15.0. The average Bonchev–Trinajstić information content (AvgIpc) is 2.56. The summed E-state index contributed by atoms with van der Waals surface area (Å²) in [6.07, 6.45) is 1.56. The van der Waals surface area contributed by atoms with E-state index in [9.17, 15) is 5.26 Å². The molecule has 0 aliphatic carbocycles. The quantitative estimate of drug-likeness (QED) is 0.730. The van der Waals surface area contributed by atoms with E-state index in [0.717, 1.165) is 16.6 Å². The number of nitrogens with zero attached hydrogens (tertiary/aromatic N) is 2. The predicted molar refractivity (Wildman–Crippen MR) is 95.0 cm³/mol. The van der Waals surface area contributed by atoms with Gasteiger partial charge in [-0.2, -0.15) is 5.26 Å². The molecule has 0 aliphatic rings.